The lowest BCUT2D eigenvalue weighted by Crippen LogP contribution is -1.97. The van der Waals surface area contributed by atoms with Crippen LogP contribution in [-0.4, -0.2) is 0 Å². The first kappa shape index (κ1) is 15.4. The van der Waals surface area contributed by atoms with Crippen molar-refractivity contribution in [1.82, 2.24) is 0 Å². The van der Waals surface area contributed by atoms with Crippen LogP contribution < -0.4 is 5.32 Å². The van der Waals surface area contributed by atoms with E-state index in [4.69, 9.17) is 0 Å². The number of rotatable bonds is 5. The maximum Gasteiger partial charge on any atom is 0.0416 e. The summed E-state index contributed by atoms with van der Waals surface area (Å²) in [5.74, 6) is 0. The van der Waals surface area contributed by atoms with E-state index in [0.29, 0.717) is 0 Å². The van der Waals surface area contributed by atoms with E-state index in [0.717, 1.165) is 18.5 Å². The second-order valence-corrected chi connectivity index (χ2v) is 6.13. The predicted molar refractivity (Wildman–Crippen MR) is 99.5 cm³/mol. The number of anilines is 2. The minimum absolute atomic E-state index is 1.06. The molecule has 1 heteroatoms. The highest BCUT2D eigenvalue weighted by molar-refractivity contribution is 5.64. The van der Waals surface area contributed by atoms with E-state index in [1.807, 2.05) is 0 Å². The largest absolute Gasteiger partial charge is 0.355 e. The van der Waals surface area contributed by atoms with E-state index in [1.54, 1.807) is 0 Å². The van der Waals surface area contributed by atoms with E-state index >= 15 is 0 Å². The van der Waals surface area contributed by atoms with Crippen molar-refractivity contribution in [3.8, 4) is 0 Å². The van der Waals surface area contributed by atoms with Crippen LogP contribution in [0, 0.1) is 13.8 Å². The molecule has 0 aromatic heterocycles. The smallest absolute Gasteiger partial charge is 0.0416 e. The highest BCUT2D eigenvalue weighted by atomic mass is 14.9. The van der Waals surface area contributed by atoms with Crippen molar-refractivity contribution >= 4 is 11.4 Å². The van der Waals surface area contributed by atoms with E-state index < -0.39 is 0 Å². The number of hydrogen-bond acceptors (Lipinski definition) is 1. The van der Waals surface area contributed by atoms with Gasteiger partial charge in [-0.1, -0.05) is 54.6 Å². The minimum atomic E-state index is 1.06. The van der Waals surface area contributed by atoms with Gasteiger partial charge in [0, 0.05) is 11.4 Å². The molecule has 0 aliphatic carbocycles. The molecule has 0 saturated heterocycles. The molecular weight excluding hydrogens is 278 g/mol. The predicted octanol–water partition coefficient (Wildman–Crippen LogP) is 5.83. The molecule has 3 aromatic carbocycles. The molecule has 3 aromatic rings. The quantitative estimate of drug-likeness (QED) is 0.625. The SMILES string of the molecule is Cc1cccc(Nc2cc(CCc3ccccc3)ccc2C)c1. The zero-order valence-corrected chi connectivity index (χ0v) is 13.8. The molecule has 1 nitrogen and oxygen atoms in total. The zero-order valence-electron chi connectivity index (χ0n) is 13.8. The fourth-order valence-corrected chi connectivity index (χ4v) is 2.77. The molecule has 0 amide bonds. The van der Waals surface area contributed by atoms with Crippen LogP contribution in [0.25, 0.3) is 0 Å². The summed E-state index contributed by atoms with van der Waals surface area (Å²) >= 11 is 0. The van der Waals surface area contributed by atoms with Gasteiger partial charge in [0.15, 0.2) is 0 Å². The standard InChI is InChI=1S/C22H23N/c1-17-7-6-10-21(15-17)23-22-16-20(12-11-18(22)2)14-13-19-8-4-3-5-9-19/h3-12,15-16,23H,13-14H2,1-2H3. The van der Waals surface area contributed by atoms with Crippen LogP contribution in [0.1, 0.15) is 22.3 Å². The molecule has 0 unspecified atom stereocenters. The van der Waals surface area contributed by atoms with Gasteiger partial charge in [-0.15, -0.1) is 0 Å². The maximum atomic E-state index is 3.55. The molecule has 1 N–H and O–H groups in total. The first-order valence-electron chi connectivity index (χ1n) is 8.18. The number of aryl methyl sites for hydroxylation is 4. The Morgan fingerprint density at radius 3 is 2.26 bits per heavy atom. The molecule has 0 atom stereocenters. The molecule has 0 aliphatic rings. The summed E-state index contributed by atoms with van der Waals surface area (Å²) in [4.78, 5) is 0. The fraction of sp³-hybridized carbons (Fsp3) is 0.182. The van der Waals surface area contributed by atoms with E-state index in [2.05, 4.69) is 92.0 Å². The van der Waals surface area contributed by atoms with Crippen molar-refractivity contribution in [3.05, 3.63) is 95.1 Å². The van der Waals surface area contributed by atoms with Crippen LogP contribution in [0.15, 0.2) is 72.8 Å². The molecule has 3 rings (SSSR count). The van der Waals surface area contributed by atoms with Crippen molar-refractivity contribution in [2.45, 2.75) is 26.7 Å². The Hall–Kier alpha value is -2.54. The van der Waals surface area contributed by atoms with Crippen molar-refractivity contribution in [3.63, 3.8) is 0 Å². The maximum absolute atomic E-state index is 3.55. The lowest BCUT2D eigenvalue weighted by molar-refractivity contribution is 0.960. The number of benzene rings is 3. The molecule has 0 bridgehead atoms. The third kappa shape index (κ3) is 4.23. The molecule has 0 spiro atoms. The van der Waals surface area contributed by atoms with E-state index in [1.165, 1.54) is 27.9 Å². The summed E-state index contributed by atoms with van der Waals surface area (Å²) in [6, 6.07) is 25.9. The van der Waals surface area contributed by atoms with Crippen molar-refractivity contribution in [1.29, 1.82) is 0 Å². The molecule has 0 fully saturated rings. The molecule has 0 saturated carbocycles. The Balaban J connectivity index is 1.74. The lowest BCUT2D eigenvalue weighted by Gasteiger charge is -2.12. The van der Waals surface area contributed by atoms with Crippen LogP contribution in [0.4, 0.5) is 11.4 Å². The molecule has 0 radical (unpaired) electrons. The van der Waals surface area contributed by atoms with Gasteiger partial charge in [0.05, 0.1) is 0 Å². The number of hydrogen-bond donors (Lipinski definition) is 1. The Labute approximate surface area is 139 Å². The van der Waals surface area contributed by atoms with Gasteiger partial charge >= 0.3 is 0 Å². The first-order chi connectivity index (χ1) is 11.2. The van der Waals surface area contributed by atoms with Crippen molar-refractivity contribution < 1.29 is 0 Å². The van der Waals surface area contributed by atoms with Gasteiger partial charge in [0.2, 0.25) is 0 Å². The Morgan fingerprint density at radius 2 is 1.48 bits per heavy atom. The summed E-state index contributed by atoms with van der Waals surface area (Å²) in [6.45, 7) is 4.27. The normalized spacial score (nSPS) is 10.5. The summed E-state index contributed by atoms with van der Waals surface area (Å²) < 4.78 is 0. The van der Waals surface area contributed by atoms with E-state index in [9.17, 15) is 0 Å². The molecule has 0 aliphatic heterocycles. The van der Waals surface area contributed by atoms with Gasteiger partial charge in [-0.25, -0.2) is 0 Å². The monoisotopic (exact) mass is 301 g/mol. The molecule has 23 heavy (non-hydrogen) atoms. The second-order valence-electron chi connectivity index (χ2n) is 6.13. The average molecular weight is 301 g/mol. The zero-order chi connectivity index (χ0) is 16.1. The van der Waals surface area contributed by atoms with Crippen LogP contribution in [0.2, 0.25) is 0 Å². The number of nitrogens with one attached hydrogen (secondary N) is 1. The summed E-state index contributed by atoms with van der Waals surface area (Å²) in [7, 11) is 0. The van der Waals surface area contributed by atoms with Gasteiger partial charge in [-0.2, -0.15) is 0 Å². The van der Waals surface area contributed by atoms with Crippen molar-refractivity contribution in [2.24, 2.45) is 0 Å². The summed E-state index contributed by atoms with van der Waals surface area (Å²) in [5.41, 5.74) is 7.65. The van der Waals surface area contributed by atoms with Gasteiger partial charge in [0.1, 0.15) is 0 Å². The molecule has 116 valence electrons. The third-order valence-electron chi connectivity index (χ3n) is 4.14. The topological polar surface area (TPSA) is 12.0 Å². The van der Waals surface area contributed by atoms with E-state index in [-0.39, 0.29) is 0 Å². The van der Waals surface area contributed by atoms with Crippen LogP contribution in [0.5, 0.6) is 0 Å². The van der Waals surface area contributed by atoms with Crippen molar-refractivity contribution in [2.75, 3.05) is 5.32 Å². The molecule has 0 heterocycles. The van der Waals surface area contributed by atoms with Crippen LogP contribution in [0.3, 0.4) is 0 Å². The second kappa shape index (κ2) is 7.15. The highest BCUT2D eigenvalue weighted by Crippen LogP contribution is 2.23. The fourth-order valence-electron chi connectivity index (χ4n) is 2.77. The van der Waals surface area contributed by atoms with Crippen LogP contribution in [-0.2, 0) is 12.8 Å². The Kier molecular flexibility index (Phi) is 4.77. The third-order valence-corrected chi connectivity index (χ3v) is 4.14. The highest BCUT2D eigenvalue weighted by Gasteiger charge is 2.02. The Morgan fingerprint density at radius 1 is 0.696 bits per heavy atom. The lowest BCUT2D eigenvalue weighted by atomic mass is 10.0. The van der Waals surface area contributed by atoms with Gasteiger partial charge in [-0.05, 0) is 67.1 Å². The minimum Gasteiger partial charge on any atom is -0.355 e. The molecular formula is C22H23N. The average Bonchev–Trinajstić information content (AvgIpc) is 2.57. The summed E-state index contributed by atoms with van der Waals surface area (Å²) in [5, 5.41) is 3.55. The van der Waals surface area contributed by atoms with Crippen LogP contribution >= 0.6 is 0 Å². The van der Waals surface area contributed by atoms with Gasteiger partial charge in [0.25, 0.3) is 0 Å². The Bertz CT molecular complexity index is 775. The first-order valence-corrected chi connectivity index (χ1v) is 8.18. The van der Waals surface area contributed by atoms with Gasteiger partial charge in [-0.3, -0.25) is 0 Å². The van der Waals surface area contributed by atoms with Gasteiger partial charge < -0.3 is 5.32 Å². The summed E-state index contributed by atoms with van der Waals surface area (Å²) in [6.07, 6.45) is 2.14.